The van der Waals surface area contributed by atoms with Crippen LogP contribution in [0, 0.1) is 0 Å². The number of ether oxygens (including phenoxy) is 1. The summed E-state index contributed by atoms with van der Waals surface area (Å²) >= 11 is 0. The smallest absolute Gasteiger partial charge is 0.743 e. The summed E-state index contributed by atoms with van der Waals surface area (Å²) < 4.78 is 77.5. The zero-order chi connectivity index (χ0) is 12.7. The van der Waals surface area contributed by atoms with Crippen LogP contribution in [0.15, 0.2) is 0 Å². The maximum atomic E-state index is 11.4. The number of halogens is 4. The minimum atomic E-state index is -6.23. The van der Waals surface area contributed by atoms with E-state index in [0.717, 1.165) is 13.2 Å². The predicted octanol–water partition coefficient (Wildman–Crippen LogP) is -1.56. The number of alkyl halides is 4. The molecule has 0 aromatic carbocycles. The molecule has 16 heavy (non-hydrogen) atoms. The molecule has 0 rings (SSSR count). The zero-order valence-electron chi connectivity index (χ0n) is 9.04. The van der Waals surface area contributed by atoms with E-state index in [1.165, 1.54) is 0 Å². The van der Waals surface area contributed by atoms with Gasteiger partial charge in [0.25, 0.3) is 0 Å². The number of hydrogen-bond acceptors (Lipinski definition) is 4. The first-order valence-electron chi connectivity index (χ1n) is 3.80. The van der Waals surface area contributed by atoms with E-state index in [-0.39, 0.29) is 18.9 Å². The number of rotatable bonds is 4. The molecule has 0 atom stereocenters. The molecule has 4 nitrogen and oxygen atoms in total. The summed E-state index contributed by atoms with van der Waals surface area (Å²) in [6, 6.07) is 0. The van der Waals surface area contributed by atoms with Crippen LogP contribution in [0.5, 0.6) is 0 Å². The summed E-state index contributed by atoms with van der Waals surface area (Å²) in [5, 5.41) is -5.48. The second kappa shape index (κ2) is 9.24. The Labute approximate surface area is 103 Å². The van der Waals surface area contributed by atoms with Gasteiger partial charge in [0.05, 0.1) is 0 Å². The van der Waals surface area contributed by atoms with E-state index in [2.05, 4.69) is 0 Å². The predicted molar refractivity (Wildman–Crippen MR) is 42.8 cm³/mol. The third-order valence-corrected chi connectivity index (χ3v) is 1.84. The van der Waals surface area contributed by atoms with Crippen LogP contribution >= 0.6 is 0 Å². The van der Waals surface area contributed by atoms with Crippen molar-refractivity contribution in [3.05, 3.63) is 0 Å². The van der Waals surface area contributed by atoms with E-state index in [9.17, 15) is 30.5 Å². The van der Waals surface area contributed by atoms with Gasteiger partial charge in [-0.3, -0.25) is 0 Å². The van der Waals surface area contributed by atoms with Crippen molar-refractivity contribution in [3.63, 3.8) is 0 Å². The van der Waals surface area contributed by atoms with Crippen molar-refractivity contribution in [3.8, 4) is 0 Å². The second-order valence-corrected chi connectivity index (χ2v) is 3.55. The van der Waals surface area contributed by atoms with E-state index in [1.807, 2.05) is 13.8 Å². The van der Waals surface area contributed by atoms with Gasteiger partial charge in [-0.2, -0.15) is 8.78 Å². The van der Waals surface area contributed by atoms with E-state index in [0.29, 0.717) is 0 Å². The summed E-state index contributed by atoms with van der Waals surface area (Å²) in [6.07, 6.45) is -4.48. The Balaban J connectivity index is -0.000000242. The van der Waals surface area contributed by atoms with Gasteiger partial charge < -0.3 is 9.29 Å². The molecular weight excluding hydrogens is 251 g/mol. The minimum absolute atomic E-state index is 0. The molecule has 0 saturated heterocycles. The van der Waals surface area contributed by atoms with Crippen molar-refractivity contribution in [2.45, 2.75) is 25.5 Å². The maximum Gasteiger partial charge on any atom is 1.00 e. The molecule has 0 aliphatic carbocycles. The van der Waals surface area contributed by atoms with Crippen molar-refractivity contribution < 1.29 is 54.1 Å². The van der Waals surface area contributed by atoms with Crippen LogP contribution in [-0.4, -0.2) is 37.9 Å². The van der Waals surface area contributed by atoms with Crippen LogP contribution in [0.4, 0.5) is 17.6 Å². The first-order valence-corrected chi connectivity index (χ1v) is 5.21. The monoisotopic (exact) mass is 262 g/mol. The summed E-state index contributed by atoms with van der Waals surface area (Å²) in [7, 11) is -6.23. The molecule has 0 radical (unpaired) electrons. The van der Waals surface area contributed by atoms with Gasteiger partial charge in [0.2, 0.25) is 0 Å². The maximum absolute atomic E-state index is 11.4. The minimum Gasteiger partial charge on any atom is -0.743 e. The average Bonchev–Trinajstić information content (AvgIpc) is 2.04. The third kappa shape index (κ3) is 8.35. The molecule has 0 aliphatic rings. The molecule has 10 heteroatoms. The Morgan fingerprint density at radius 2 is 1.56 bits per heavy atom. The second-order valence-electron chi connectivity index (χ2n) is 2.10. The molecular formula is C6H11F4LiO4S. The standard InChI is InChI=1S/C4H10O.C2H2F4O3S.Li/c1-3-5-4-2;3-1(4)2(5,6)10(7,8)9;/h3-4H2,1-2H3;1H,(H,7,8,9);/q;;+1/p-1. The van der Waals surface area contributed by atoms with E-state index < -0.39 is 21.8 Å². The molecule has 0 aromatic heterocycles. The van der Waals surface area contributed by atoms with Gasteiger partial charge >= 0.3 is 30.5 Å². The van der Waals surface area contributed by atoms with Crippen LogP contribution < -0.4 is 18.9 Å². The van der Waals surface area contributed by atoms with Gasteiger partial charge in [-0.05, 0) is 13.8 Å². The van der Waals surface area contributed by atoms with Gasteiger partial charge in [-0.25, -0.2) is 17.2 Å². The van der Waals surface area contributed by atoms with Gasteiger partial charge in [0.1, 0.15) is 0 Å². The summed E-state index contributed by atoms with van der Waals surface area (Å²) in [5.74, 6) is 0. The molecule has 0 unspecified atom stereocenters. The Hall–Kier alpha value is 0.187. The SMILES string of the molecule is CCOCC.O=S(=O)([O-])C(F)(F)C(F)F.[Li+]. The Morgan fingerprint density at radius 1 is 1.25 bits per heavy atom. The molecule has 0 amide bonds. The van der Waals surface area contributed by atoms with Gasteiger partial charge in [0, 0.05) is 13.2 Å². The molecule has 0 spiro atoms. The fourth-order valence-corrected chi connectivity index (χ4v) is 0.531. The van der Waals surface area contributed by atoms with Gasteiger partial charge in [-0.15, -0.1) is 0 Å². The molecule has 94 valence electrons. The average molecular weight is 262 g/mol. The van der Waals surface area contributed by atoms with Crippen LogP contribution in [0.1, 0.15) is 13.8 Å². The summed E-state index contributed by atoms with van der Waals surface area (Å²) in [4.78, 5) is 0. The van der Waals surface area contributed by atoms with Crippen LogP contribution in [-0.2, 0) is 14.9 Å². The molecule has 0 aromatic rings. The van der Waals surface area contributed by atoms with Crippen LogP contribution in [0.25, 0.3) is 0 Å². The fraction of sp³-hybridized carbons (Fsp3) is 1.00. The van der Waals surface area contributed by atoms with Gasteiger partial charge in [0.15, 0.2) is 10.1 Å². The normalized spacial score (nSPS) is 11.5. The first kappa shape index (κ1) is 21.5. The molecule has 0 saturated carbocycles. The van der Waals surface area contributed by atoms with Crippen molar-refractivity contribution in [1.29, 1.82) is 0 Å². The van der Waals surface area contributed by atoms with E-state index in [4.69, 9.17) is 4.74 Å². The van der Waals surface area contributed by atoms with Crippen molar-refractivity contribution in [2.24, 2.45) is 0 Å². The molecule has 0 aliphatic heterocycles. The van der Waals surface area contributed by atoms with E-state index in [1.54, 1.807) is 0 Å². The van der Waals surface area contributed by atoms with Crippen molar-refractivity contribution in [1.82, 2.24) is 0 Å². The molecule has 0 bridgehead atoms. The largest absolute Gasteiger partial charge is 1.00 e. The van der Waals surface area contributed by atoms with Crippen LogP contribution in [0.3, 0.4) is 0 Å². The molecule has 0 fully saturated rings. The summed E-state index contributed by atoms with van der Waals surface area (Å²) in [6.45, 7) is 5.67. The first-order chi connectivity index (χ1) is 6.61. The zero-order valence-corrected chi connectivity index (χ0v) is 9.86. The third-order valence-electron chi connectivity index (χ3n) is 0.996. The molecule has 0 heterocycles. The Kier molecular flexibility index (Phi) is 12.4. The van der Waals surface area contributed by atoms with Crippen LogP contribution in [0.2, 0.25) is 0 Å². The Bertz CT molecular complexity index is 255. The van der Waals surface area contributed by atoms with Gasteiger partial charge in [-0.1, -0.05) is 0 Å². The van der Waals surface area contributed by atoms with E-state index >= 15 is 0 Å². The molecule has 0 N–H and O–H groups in total. The number of hydrogen-bond donors (Lipinski definition) is 0. The summed E-state index contributed by atoms with van der Waals surface area (Å²) in [5.41, 5.74) is 0. The van der Waals surface area contributed by atoms with Crippen molar-refractivity contribution in [2.75, 3.05) is 13.2 Å². The van der Waals surface area contributed by atoms with Crippen molar-refractivity contribution >= 4 is 10.1 Å². The topological polar surface area (TPSA) is 66.4 Å². The Morgan fingerprint density at radius 3 is 1.56 bits per heavy atom. The fourth-order valence-electron chi connectivity index (χ4n) is 0.313. The quantitative estimate of drug-likeness (QED) is 0.349.